The number of nitrogens with two attached hydrogens (primary N) is 1. The van der Waals surface area contributed by atoms with Gasteiger partial charge in [-0.3, -0.25) is 4.79 Å². The minimum absolute atomic E-state index is 0.0474. The fourth-order valence-electron chi connectivity index (χ4n) is 3.43. The third-order valence-corrected chi connectivity index (χ3v) is 4.03. The second-order valence-corrected chi connectivity index (χ2v) is 6.90. The number of benzene rings is 1. The van der Waals surface area contributed by atoms with Gasteiger partial charge in [-0.15, -0.1) is 0 Å². The normalized spacial score (nSPS) is 25.1. The van der Waals surface area contributed by atoms with E-state index in [1.165, 1.54) is 6.42 Å². The van der Waals surface area contributed by atoms with E-state index in [1.807, 2.05) is 24.3 Å². The highest BCUT2D eigenvalue weighted by Gasteiger charge is 2.33. The van der Waals surface area contributed by atoms with Crippen LogP contribution in [0.25, 0.3) is 0 Å². The number of ether oxygens (including phenoxy) is 1. The lowest BCUT2D eigenvalue weighted by Crippen LogP contribution is -2.34. The number of rotatable bonds is 3. The van der Waals surface area contributed by atoms with Gasteiger partial charge in [0.1, 0.15) is 6.10 Å². The second-order valence-electron chi connectivity index (χ2n) is 6.90. The van der Waals surface area contributed by atoms with E-state index >= 15 is 0 Å². The van der Waals surface area contributed by atoms with Crippen LogP contribution in [0.2, 0.25) is 0 Å². The lowest BCUT2D eigenvalue weighted by molar-refractivity contribution is -0.152. The number of esters is 1. The van der Waals surface area contributed by atoms with Crippen molar-refractivity contribution >= 4 is 11.7 Å². The van der Waals surface area contributed by atoms with Gasteiger partial charge in [0.15, 0.2) is 0 Å². The van der Waals surface area contributed by atoms with Crippen LogP contribution in [0.1, 0.15) is 45.6 Å². The molecule has 1 saturated carbocycles. The molecule has 1 aliphatic rings. The van der Waals surface area contributed by atoms with Gasteiger partial charge in [-0.2, -0.15) is 0 Å². The Kier molecular flexibility index (Phi) is 4.36. The van der Waals surface area contributed by atoms with Crippen LogP contribution in [-0.2, 0) is 16.0 Å². The zero-order valence-electron chi connectivity index (χ0n) is 12.7. The standard InChI is InChI=1S/C17H25NO2/c1-12-8-14(11-17(2,3)10-12)20-16(19)9-13-6-4-5-7-15(13)18/h4-7,12,14H,8-11,18H2,1-3H3. The molecule has 20 heavy (non-hydrogen) atoms. The maximum absolute atomic E-state index is 12.1. The van der Waals surface area contributed by atoms with Crippen molar-refractivity contribution in [2.45, 2.75) is 52.6 Å². The van der Waals surface area contributed by atoms with Crippen molar-refractivity contribution in [3.63, 3.8) is 0 Å². The Morgan fingerprint density at radius 2 is 2.05 bits per heavy atom. The minimum atomic E-state index is -0.169. The Morgan fingerprint density at radius 1 is 1.35 bits per heavy atom. The lowest BCUT2D eigenvalue weighted by Gasteiger charge is -2.38. The van der Waals surface area contributed by atoms with Crippen molar-refractivity contribution in [2.75, 3.05) is 5.73 Å². The number of para-hydroxylation sites is 1. The average molecular weight is 275 g/mol. The molecule has 0 spiro atoms. The molecule has 0 aliphatic heterocycles. The van der Waals surface area contributed by atoms with Gasteiger partial charge in [-0.25, -0.2) is 0 Å². The van der Waals surface area contributed by atoms with Crippen molar-refractivity contribution in [1.29, 1.82) is 0 Å². The number of carbonyl (C=O) groups is 1. The van der Waals surface area contributed by atoms with E-state index in [1.54, 1.807) is 0 Å². The van der Waals surface area contributed by atoms with Gasteiger partial charge in [0.05, 0.1) is 6.42 Å². The Morgan fingerprint density at radius 3 is 2.70 bits per heavy atom. The first-order chi connectivity index (χ1) is 9.35. The van der Waals surface area contributed by atoms with Crippen molar-refractivity contribution in [3.8, 4) is 0 Å². The van der Waals surface area contributed by atoms with Gasteiger partial charge < -0.3 is 10.5 Å². The summed E-state index contributed by atoms with van der Waals surface area (Å²) in [7, 11) is 0. The Balaban J connectivity index is 1.93. The van der Waals surface area contributed by atoms with Crippen molar-refractivity contribution in [2.24, 2.45) is 11.3 Å². The lowest BCUT2D eigenvalue weighted by atomic mass is 9.71. The topological polar surface area (TPSA) is 52.3 Å². The van der Waals surface area contributed by atoms with Gasteiger partial charge in [0, 0.05) is 5.69 Å². The maximum Gasteiger partial charge on any atom is 0.310 e. The summed E-state index contributed by atoms with van der Waals surface area (Å²) in [6.07, 6.45) is 3.43. The van der Waals surface area contributed by atoms with E-state index in [0.29, 0.717) is 11.6 Å². The number of nitrogen functional groups attached to an aromatic ring is 1. The summed E-state index contributed by atoms with van der Waals surface area (Å²) in [5, 5.41) is 0. The summed E-state index contributed by atoms with van der Waals surface area (Å²) in [4.78, 5) is 12.1. The van der Waals surface area contributed by atoms with Crippen LogP contribution in [0.3, 0.4) is 0 Å². The van der Waals surface area contributed by atoms with Crippen LogP contribution in [0.4, 0.5) is 5.69 Å². The minimum Gasteiger partial charge on any atom is -0.462 e. The summed E-state index contributed by atoms with van der Waals surface area (Å²) in [6.45, 7) is 6.73. The summed E-state index contributed by atoms with van der Waals surface area (Å²) in [5.41, 5.74) is 7.62. The third kappa shape index (κ3) is 3.99. The van der Waals surface area contributed by atoms with Crippen LogP contribution in [-0.4, -0.2) is 12.1 Å². The molecule has 1 aromatic rings. The molecule has 1 aromatic carbocycles. The molecular formula is C17H25NO2. The molecule has 2 N–H and O–H groups in total. The molecule has 0 bridgehead atoms. The summed E-state index contributed by atoms with van der Waals surface area (Å²) >= 11 is 0. The quantitative estimate of drug-likeness (QED) is 0.677. The molecule has 0 aromatic heterocycles. The fraction of sp³-hybridized carbons (Fsp3) is 0.588. The van der Waals surface area contributed by atoms with Gasteiger partial charge in [-0.05, 0) is 42.2 Å². The van der Waals surface area contributed by atoms with Crippen LogP contribution in [0, 0.1) is 11.3 Å². The van der Waals surface area contributed by atoms with Crippen molar-refractivity contribution < 1.29 is 9.53 Å². The van der Waals surface area contributed by atoms with E-state index in [2.05, 4.69) is 20.8 Å². The maximum atomic E-state index is 12.1. The van der Waals surface area contributed by atoms with Gasteiger partial charge in [-0.1, -0.05) is 39.0 Å². The van der Waals surface area contributed by atoms with E-state index in [9.17, 15) is 4.79 Å². The molecule has 1 aliphatic carbocycles. The van der Waals surface area contributed by atoms with Gasteiger partial charge >= 0.3 is 5.97 Å². The van der Waals surface area contributed by atoms with E-state index < -0.39 is 0 Å². The van der Waals surface area contributed by atoms with Crippen molar-refractivity contribution in [3.05, 3.63) is 29.8 Å². The molecule has 3 nitrogen and oxygen atoms in total. The first-order valence-electron chi connectivity index (χ1n) is 7.38. The molecule has 2 rings (SSSR count). The summed E-state index contributed by atoms with van der Waals surface area (Å²) < 4.78 is 5.66. The number of anilines is 1. The third-order valence-electron chi connectivity index (χ3n) is 4.03. The number of carbonyl (C=O) groups excluding carboxylic acids is 1. The molecule has 0 saturated heterocycles. The first kappa shape index (κ1) is 14.9. The SMILES string of the molecule is CC1CC(OC(=O)Cc2ccccc2N)CC(C)(C)C1. The first-order valence-corrected chi connectivity index (χ1v) is 7.38. The van der Waals surface area contributed by atoms with Gasteiger partial charge in [0.25, 0.3) is 0 Å². The Bertz CT molecular complexity index is 482. The predicted molar refractivity (Wildman–Crippen MR) is 81.2 cm³/mol. The number of hydrogen-bond donors (Lipinski definition) is 1. The van der Waals surface area contributed by atoms with E-state index in [4.69, 9.17) is 10.5 Å². The predicted octanol–water partition coefficient (Wildman–Crippen LogP) is 3.57. The highest BCUT2D eigenvalue weighted by molar-refractivity contribution is 5.75. The molecule has 2 unspecified atom stereocenters. The zero-order chi connectivity index (χ0) is 14.8. The summed E-state index contributed by atoms with van der Waals surface area (Å²) in [5.74, 6) is 0.441. The molecule has 2 atom stereocenters. The molecule has 3 heteroatoms. The Hall–Kier alpha value is -1.51. The van der Waals surface area contributed by atoms with Gasteiger partial charge in [0.2, 0.25) is 0 Å². The second kappa shape index (κ2) is 5.86. The molecule has 110 valence electrons. The molecule has 0 heterocycles. The average Bonchev–Trinajstić information content (AvgIpc) is 2.29. The highest BCUT2D eigenvalue weighted by atomic mass is 16.5. The van der Waals surface area contributed by atoms with Crippen LogP contribution in [0.15, 0.2) is 24.3 Å². The molecule has 1 fully saturated rings. The molecule has 0 amide bonds. The highest BCUT2D eigenvalue weighted by Crippen LogP contribution is 2.39. The Labute approximate surface area is 121 Å². The fourth-order valence-corrected chi connectivity index (χ4v) is 3.43. The van der Waals surface area contributed by atoms with Crippen LogP contribution in [0.5, 0.6) is 0 Å². The summed E-state index contributed by atoms with van der Waals surface area (Å²) in [6, 6.07) is 7.46. The van der Waals surface area contributed by atoms with E-state index in [0.717, 1.165) is 18.4 Å². The van der Waals surface area contributed by atoms with E-state index in [-0.39, 0.29) is 23.9 Å². The molecule has 0 radical (unpaired) electrons. The smallest absolute Gasteiger partial charge is 0.310 e. The van der Waals surface area contributed by atoms with Crippen LogP contribution >= 0.6 is 0 Å². The largest absolute Gasteiger partial charge is 0.462 e. The monoisotopic (exact) mass is 275 g/mol. The van der Waals surface area contributed by atoms with Crippen LogP contribution < -0.4 is 5.73 Å². The van der Waals surface area contributed by atoms with Crippen molar-refractivity contribution in [1.82, 2.24) is 0 Å². The number of hydrogen-bond acceptors (Lipinski definition) is 3. The molecular weight excluding hydrogens is 250 g/mol. The zero-order valence-corrected chi connectivity index (χ0v) is 12.7.